The Balaban J connectivity index is 1.94. The summed E-state index contributed by atoms with van der Waals surface area (Å²) < 4.78 is 0. The maximum atomic E-state index is 3.45. The van der Waals surface area contributed by atoms with Crippen molar-refractivity contribution in [1.29, 1.82) is 0 Å². The molecule has 1 unspecified atom stereocenters. The molecule has 0 aliphatic carbocycles. The standard InChI is InChI=1S/C13H17N/c1-11-9-13(10-14-11)8-7-12-5-3-2-4-6-12/h2-8,11,13-14H,9-10H2,1H3/b8-7+/t11?,13-/m1/s1. The molecular weight excluding hydrogens is 170 g/mol. The molecule has 1 N–H and O–H groups in total. The number of hydrogen-bond acceptors (Lipinski definition) is 1. The molecule has 0 bridgehead atoms. The molecule has 1 heterocycles. The van der Waals surface area contributed by atoms with Gasteiger partial charge in [-0.05, 0) is 24.8 Å². The molecule has 0 radical (unpaired) electrons. The van der Waals surface area contributed by atoms with Gasteiger partial charge >= 0.3 is 0 Å². The van der Waals surface area contributed by atoms with Crippen molar-refractivity contribution in [1.82, 2.24) is 5.32 Å². The second kappa shape index (κ2) is 4.43. The normalized spacial score (nSPS) is 27.2. The summed E-state index contributed by atoms with van der Waals surface area (Å²) in [7, 11) is 0. The fourth-order valence-corrected chi connectivity index (χ4v) is 1.93. The van der Waals surface area contributed by atoms with Gasteiger partial charge in [0, 0.05) is 12.6 Å². The highest BCUT2D eigenvalue weighted by molar-refractivity contribution is 5.49. The summed E-state index contributed by atoms with van der Waals surface area (Å²) in [6, 6.07) is 11.2. The van der Waals surface area contributed by atoms with Crippen LogP contribution in [0.5, 0.6) is 0 Å². The Hall–Kier alpha value is -1.08. The van der Waals surface area contributed by atoms with E-state index >= 15 is 0 Å². The van der Waals surface area contributed by atoms with E-state index in [0.717, 1.165) is 6.54 Å². The van der Waals surface area contributed by atoms with Gasteiger partial charge in [0.1, 0.15) is 0 Å². The number of benzene rings is 1. The minimum absolute atomic E-state index is 0.681. The second-order valence-corrected chi connectivity index (χ2v) is 4.07. The van der Waals surface area contributed by atoms with Gasteiger partial charge in [0.25, 0.3) is 0 Å². The van der Waals surface area contributed by atoms with E-state index in [1.54, 1.807) is 0 Å². The molecule has 0 aromatic heterocycles. The van der Waals surface area contributed by atoms with Crippen molar-refractivity contribution in [2.24, 2.45) is 5.92 Å². The van der Waals surface area contributed by atoms with E-state index in [1.165, 1.54) is 12.0 Å². The third-order valence-corrected chi connectivity index (χ3v) is 2.75. The fourth-order valence-electron chi connectivity index (χ4n) is 1.93. The van der Waals surface area contributed by atoms with Crippen LogP contribution in [0.1, 0.15) is 18.9 Å². The summed E-state index contributed by atoms with van der Waals surface area (Å²) in [5, 5.41) is 3.45. The zero-order valence-electron chi connectivity index (χ0n) is 8.61. The van der Waals surface area contributed by atoms with Crippen LogP contribution in [0.4, 0.5) is 0 Å². The third kappa shape index (κ3) is 2.46. The summed E-state index contributed by atoms with van der Waals surface area (Å²) >= 11 is 0. The van der Waals surface area contributed by atoms with Crippen molar-refractivity contribution in [2.75, 3.05) is 6.54 Å². The predicted octanol–water partition coefficient (Wildman–Crippen LogP) is 2.70. The van der Waals surface area contributed by atoms with Crippen molar-refractivity contribution in [3.05, 3.63) is 42.0 Å². The fraction of sp³-hybridized carbons (Fsp3) is 0.385. The number of hydrogen-bond donors (Lipinski definition) is 1. The number of rotatable bonds is 2. The smallest absolute Gasteiger partial charge is 0.00450 e. The maximum absolute atomic E-state index is 3.45. The highest BCUT2D eigenvalue weighted by Crippen LogP contribution is 2.16. The van der Waals surface area contributed by atoms with Crippen molar-refractivity contribution >= 4 is 6.08 Å². The van der Waals surface area contributed by atoms with Crippen LogP contribution < -0.4 is 5.32 Å². The lowest BCUT2D eigenvalue weighted by molar-refractivity contribution is 0.653. The molecule has 14 heavy (non-hydrogen) atoms. The predicted molar refractivity (Wildman–Crippen MR) is 61.0 cm³/mol. The molecule has 0 spiro atoms. The highest BCUT2D eigenvalue weighted by atomic mass is 14.9. The Morgan fingerprint density at radius 3 is 2.71 bits per heavy atom. The van der Waals surface area contributed by atoms with E-state index in [1.807, 2.05) is 0 Å². The Morgan fingerprint density at radius 2 is 2.07 bits per heavy atom. The first-order chi connectivity index (χ1) is 6.84. The molecule has 74 valence electrons. The summed E-state index contributed by atoms with van der Waals surface area (Å²) in [6.45, 7) is 3.38. The van der Waals surface area contributed by atoms with Crippen LogP contribution in [0.25, 0.3) is 6.08 Å². The Labute approximate surface area is 85.8 Å². The van der Waals surface area contributed by atoms with Gasteiger partial charge in [-0.3, -0.25) is 0 Å². The van der Waals surface area contributed by atoms with E-state index in [0.29, 0.717) is 12.0 Å². The summed E-state index contributed by atoms with van der Waals surface area (Å²) in [6.07, 6.45) is 5.82. The Bertz CT molecular complexity index is 302. The molecule has 0 amide bonds. The van der Waals surface area contributed by atoms with Crippen LogP contribution in [-0.2, 0) is 0 Å². The monoisotopic (exact) mass is 187 g/mol. The van der Waals surface area contributed by atoms with Crippen LogP contribution in [0, 0.1) is 5.92 Å². The largest absolute Gasteiger partial charge is 0.314 e. The molecule has 1 aliphatic rings. The summed E-state index contributed by atoms with van der Waals surface area (Å²) in [5.41, 5.74) is 1.30. The molecule has 1 aromatic carbocycles. The average Bonchev–Trinajstić information content (AvgIpc) is 2.63. The SMILES string of the molecule is CC1C[C@@H](/C=C/c2ccccc2)CN1. The summed E-state index contributed by atoms with van der Waals surface area (Å²) in [4.78, 5) is 0. The first-order valence-corrected chi connectivity index (χ1v) is 5.31. The molecule has 2 atom stereocenters. The molecule has 1 aromatic rings. The van der Waals surface area contributed by atoms with E-state index in [4.69, 9.17) is 0 Å². The van der Waals surface area contributed by atoms with Gasteiger partial charge in [-0.1, -0.05) is 42.5 Å². The second-order valence-electron chi connectivity index (χ2n) is 4.07. The first-order valence-electron chi connectivity index (χ1n) is 5.31. The van der Waals surface area contributed by atoms with Gasteiger partial charge in [-0.15, -0.1) is 0 Å². The van der Waals surface area contributed by atoms with E-state index in [-0.39, 0.29) is 0 Å². The number of nitrogens with one attached hydrogen (secondary N) is 1. The lowest BCUT2D eigenvalue weighted by Gasteiger charge is -2.00. The summed E-state index contributed by atoms with van der Waals surface area (Å²) in [5.74, 6) is 0.713. The Kier molecular flexibility index (Phi) is 3.00. The maximum Gasteiger partial charge on any atom is 0.00450 e. The Morgan fingerprint density at radius 1 is 1.29 bits per heavy atom. The van der Waals surface area contributed by atoms with Crippen molar-refractivity contribution in [3.8, 4) is 0 Å². The minimum Gasteiger partial charge on any atom is -0.314 e. The van der Waals surface area contributed by atoms with E-state index < -0.39 is 0 Å². The molecule has 1 aliphatic heterocycles. The lowest BCUT2D eigenvalue weighted by Crippen LogP contribution is -2.16. The third-order valence-electron chi connectivity index (χ3n) is 2.75. The van der Waals surface area contributed by atoms with Crippen LogP contribution in [0.2, 0.25) is 0 Å². The molecule has 1 heteroatoms. The van der Waals surface area contributed by atoms with Crippen LogP contribution in [0.3, 0.4) is 0 Å². The minimum atomic E-state index is 0.681. The molecule has 0 saturated carbocycles. The molecule has 1 nitrogen and oxygen atoms in total. The van der Waals surface area contributed by atoms with Gasteiger partial charge < -0.3 is 5.32 Å². The first kappa shape index (κ1) is 9.47. The average molecular weight is 187 g/mol. The highest BCUT2D eigenvalue weighted by Gasteiger charge is 2.17. The van der Waals surface area contributed by atoms with Gasteiger partial charge in [-0.25, -0.2) is 0 Å². The van der Waals surface area contributed by atoms with Gasteiger partial charge in [0.15, 0.2) is 0 Å². The van der Waals surface area contributed by atoms with Crippen LogP contribution in [0.15, 0.2) is 36.4 Å². The lowest BCUT2D eigenvalue weighted by atomic mass is 10.0. The van der Waals surface area contributed by atoms with E-state index in [9.17, 15) is 0 Å². The van der Waals surface area contributed by atoms with Gasteiger partial charge in [-0.2, -0.15) is 0 Å². The van der Waals surface area contributed by atoms with Crippen LogP contribution in [-0.4, -0.2) is 12.6 Å². The van der Waals surface area contributed by atoms with Crippen LogP contribution >= 0.6 is 0 Å². The molecule has 1 fully saturated rings. The quantitative estimate of drug-likeness (QED) is 0.750. The zero-order chi connectivity index (χ0) is 9.80. The molecular formula is C13H17N. The molecule has 1 saturated heterocycles. The van der Waals surface area contributed by atoms with Gasteiger partial charge in [0.05, 0.1) is 0 Å². The molecule has 2 rings (SSSR count). The van der Waals surface area contributed by atoms with E-state index in [2.05, 4.69) is 54.7 Å². The van der Waals surface area contributed by atoms with Gasteiger partial charge in [0.2, 0.25) is 0 Å². The van der Waals surface area contributed by atoms with Crippen molar-refractivity contribution in [2.45, 2.75) is 19.4 Å². The topological polar surface area (TPSA) is 12.0 Å². The van der Waals surface area contributed by atoms with Crippen molar-refractivity contribution in [3.63, 3.8) is 0 Å². The zero-order valence-corrected chi connectivity index (χ0v) is 8.61. The van der Waals surface area contributed by atoms with Crippen molar-refractivity contribution < 1.29 is 0 Å².